The van der Waals surface area contributed by atoms with Gasteiger partial charge in [0, 0.05) is 37.0 Å². The van der Waals surface area contributed by atoms with Crippen molar-refractivity contribution in [3.63, 3.8) is 0 Å². The Labute approximate surface area is 190 Å². The highest BCUT2D eigenvalue weighted by molar-refractivity contribution is 7.89. The molecule has 0 atom stereocenters. The molecule has 11 nitrogen and oxygen atoms in total. The SMILES string of the molecule is CCN(CC)S(=O)(=O)c1ccc2c(c1)CCN2C(=O)c1ccc(-n2cncn2)c([N+](=O)[O-])c1. The molecule has 1 aliphatic rings. The van der Waals surface area contributed by atoms with Gasteiger partial charge in [-0.25, -0.2) is 18.1 Å². The number of aromatic nitrogens is 3. The number of nitro groups is 1. The Kier molecular flexibility index (Phi) is 5.95. The third-order valence-corrected chi connectivity index (χ3v) is 7.67. The van der Waals surface area contributed by atoms with Crippen LogP contribution in [0.15, 0.2) is 53.9 Å². The number of nitro benzene ring substituents is 1. The van der Waals surface area contributed by atoms with Crippen molar-refractivity contribution in [2.75, 3.05) is 24.5 Å². The lowest BCUT2D eigenvalue weighted by molar-refractivity contribution is -0.384. The fourth-order valence-corrected chi connectivity index (χ4v) is 5.46. The van der Waals surface area contributed by atoms with E-state index in [1.54, 1.807) is 26.0 Å². The zero-order valence-corrected chi connectivity index (χ0v) is 18.9. The van der Waals surface area contributed by atoms with E-state index in [1.165, 1.54) is 50.8 Å². The van der Waals surface area contributed by atoms with E-state index >= 15 is 0 Å². The van der Waals surface area contributed by atoms with Crippen molar-refractivity contribution >= 4 is 27.3 Å². The number of fused-ring (bicyclic) bond motifs is 1. The van der Waals surface area contributed by atoms with Gasteiger partial charge in [-0.15, -0.1) is 0 Å². The molecule has 3 aromatic rings. The van der Waals surface area contributed by atoms with Crippen molar-refractivity contribution in [2.45, 2.75) is 25.2 Å². The monoisotopic (exact) mass is 470 g/mol. The van der Waals surface area contributed by atoms with E-state index in [2.05, 4.69) is 10.1 Å². The lowest BCUT2D eigenvalue weighted by Crippen LogP contribution is -2.30. The number of hydrogen-bond acceptors (Lipinski definition) is 7. The molecule has 0 radical (unpaired) electrons. The van der Waals surface area contributed by atoms with Crippen molar-refractivity contribution in [1.29, 1.82) is 0 Å². The summed E-state index contributed by atoms with van der Waals surface area (Å²) in [5, 5.41) is 15.5. The highest BCUT2D eigenvalue weighted by Gasteiger charge is 2.30. The molecule has 0 N–H and O–H groups in total. The first-order chi connectivity index (χ1) is 15.8. The highest BCUT2D eigenvalue weighted by atomic mass is 32.2. The van der Waals surface area contributed by atoms with Gasteiger partial charge >= 0.3 is 0 Å². The van der Waals surface area contributed by atoms with Crippen LogP contribution >= 0.6 is 0 Å². The van der Waals surface area contributed by atoms with Gasteiger partial charge in [0.05, 0.1) is 9.82 Å². The van der Waals surface area contributed by atoms with Gasteiger partial charge in [0.1, 0.15) is 18.3 Å². The predicted octanol–water partition coefficient (Wildman–Crippen LogP) is 2.41. The van der Waals surface area contributed by atoms with Crippen molar-refractivity contribution in [2.24, 2.45) is 0 Å². The van der Waals surface area contributed by atoms with Gasteiger partial charge in [-0.2, -0.15) is 9.40 Å². The number of amides is 1. The molecule has 0 fully saturated rings. The molecule has 0 unspecified atom stereocenters. The van der Waals surface area contributed by atoms with Gasteiger partial charge in [-0.05, 0) is 42.3 Å². The van der Waals surface area contributed by atoms with E-state index in [-0.39, 0.29) is 21.8 Å². The summed E-state index contributed by atoms with van der Waals surface area (Å²) >= 11 is 0. The Morgan fingerprint density at radius 3 is 2.52 bits per heavy atom. The molecule has 0 saturated heterocycles. The first-order valence-corrected chi connectivity index (χ1v) is 11.8. The predicted molar refractivity (Wildman–Crippen MR) is 120 cm³/mol. The quantitative estimate of drug-likeness (QED) is 0.383. The third kappa shape index (κ3) is 3.98. The van der Waals surface area contributed by atoms with Gasteiger partial charge in [0.25, 0.3) is 11.6 Å². The summed E-state index contributed by atoms with van der Waals surface area (Å²) < 4.78 is 28.3. The second-order valence-corrected chi connectivity index (χ2v) is 9.33. The zero-order chi connectivity index (χ0) is 23.8. The first kappa shape index (κ1) is 22.6. The molecule has 0 aliphatic carbocycles. The Balaban J connectivity index is 1.66. The summed E-state index contributed by atoms with van der Waals surface area (Å²) in [7, 11) is -3.61. The Morgan fingerprint density at radius 1 is 1.15 bits per heavy atom. The van der Waals surface area contributed by atoms with Crippen LogP contribution in [0.5, 0.6) is 0 Å². The number of carbonyl (C=O) groups is 1. The van der Waals surface area contributed by atoms with E-state index in [0.29, 0.717) is 31.7 Å². The van der Waals surface area contributed by atoms with Crippen molar-refractivity contribution < 1.29 is 18.1 Å². The summed E-state index contributed by atoms with van der Waals surface area (Å²) in [4.78, 5) is 29.7. The molecule has 2 heterocycles. The first-order valence-electron chi connectivity index (χ1n) is 10.4. The number of anilines is 1. The molecule has 1 aromatic heterocycles. The van der Waals surface area contributed by atoms with Crippen molar-refractivity contribution in [3.8, 4) is 5.69 Å². The molecule has 4 rings (SSSR count). The molecular weight excluding hydrogens is 448 g/mol. The number of hydrogen-bond donors (Lipinski definition) is 0. The van der Waals surface area contributed by atoms with Gasteiger partial charge in [0.2, 0.25) is 10.0 Å². The number of sulfonamides is 1. The molecule has 0 saturated carbocycles. The van der Waals surface area contributed by atoms with Crippen LogP contribution in [0, 0.1) is 10.1 Å². The van der Waals surface area contributed by atoms with Crippen LogP contribution in [0.25, 0.3) is 5.69 Å². The molecule has 2 aromatic carbocycles. The van der Waals surface area contributed by atoms with Crippen LogP contribution in [0.3, 0.4) is 0 Å². The summed E-state index contributed by atoms with van der Waals surface area (Å²) in [5.74, 6) is -0.402. The van der Waals surface area contributed by atoms with E-state index in [9.17, 15) is 23.3 Å². The lowest BCUT2D eigenvalue weighted by Gasteiger charge is -2.20. The molecule has 1 amide bonds. The average Bonchev–Trinajstić information content (AvgIpc) is 3.48. The van der Waals surface area contributed by atoms with Crippen LogP contribution in [-0.4, -0.2) is 58.0 Å². The van der Waals surface area contributed by atoms with Crippen LogP contribution < -0.4 is 4.90 Å². The fourth-order valence-electron chi connectivity index (χ4n) is 3.95. The number of carbonyl (C=O) groups excluding carboxylic acids is 1. The maximum atomic E-state index is 13.2. The number of nitrogens with zero attached hydrogens (tertiary/aromatic N) is 6. The molecule has 0 bridgehead atoms. The number of benzene rings is 2. The Bertz CT molecular complexity index is 1320. The zero-order valence-electron chi connectivity index (χ0n) is 18.1. The largest absolute Gasteiger partial charge is 0.308 e. The standard InChI is InChI=1S/C21H22N6O5S/c1-3-24(4-2)33(31,32)17-6-8-18-15(11-17)9-10-25(18)21(28)16-5-7-19(20(12-16)27(29)30)26-14-22-13-23-26/h5-8,11-14H,3-4,9-10H2,1-2H3. The molecular formula is C21H22N6O5S. The molecule has 0 spiro atoms. The summed E-state index contributed by atoms with van der Waals surface area (Å²) in [6, 6.07) is 8.90. The van der Waals surface area contributed by atoms with Gasteiger partial charge in [-0.3, -0.25) is 14.9 Å². The normalized spacial score (nSPS) is 13.4. The van der Waals surface area contributed by atoms with E-state index in [4.69, 9.17) is 0 Å². The Morgan fingerprint density at radius 2 is 1.88 bits per heavy atom. The third-order valence-electron chi connectivity index (χ3n) is 5.62. The minimum atomic E-state index is -3.61. The minimum absolute atomic E-state index is 0.151. The van der Waals surface area contributed by atoms with Crippen LogP contribution in [0.4, 0.5) is 11.4 Å². The minimum Gasteiger partial charge on any atom is -0.308 e. The molecule has 12 heteroatoms. The smallest absolute Gasteiger partial charge is 0.295 e. The summed E-state index contributed by atoms with van der Waals surface area (Å²) in [6.07, 6.45) is 3.09. The van der Waals surface area contributed by atoms with Crippen LogP contribution in [0.1, 0.15) is 29.8 Å². The fraction of sp³-hybridized carbons (Fsp3) is 0.286. The maximum Gasteiger partial charge on any atom is 0.295 e. The molecule has 33 heavy (non-hydrogen) atoms. The molecule has 1 aliphatic heterocycles. The summed E-state index contributed by atoms with van der Waals surface area (Å²) in [5.41, 5.74) is 1.42. The molecule has 172 valence electrons. The second kappa shape index (κ2) is 8.71. The average molecular weight is 471 g/mol. The van der Waals surface area contributed by atoms with Crippen LogP contribution in [-0.2, 0) is 16.4 Å². The van der Waals surface area contributed by atoms with Gasteiger partial charge in [-0.1, -0.05) is 13.8 Å². The van der Waals surface area contributed by atoms with Crippen LogP contribution in [0.2, 0.25) is 0 Å². The topological polar surface area (TPSA) is 132 Å². The van der Waals surface area contributed by atoms with Gasteiger partial charge in [0.15, 0.2) is 0 Å². The maximum absolute atomic E-state index is 13.2. The van der Waals surface area contributed by atoms with Crippen molar-refractivity contribution in [3.05, 3.63) is 70.3 Å². The van der Waals surface area contributed by atoms with Gasteiger partial charge < -0.3 is 4.90 Å². The van der Waals surface area contributed by atoms with E-state index in [1.807, 2.05) is 0 Å². The number of rotatable bonds is 7. The van der Waals surface area contributed by atoms with E-state index < -0.39 is 20.9 Å². The second-order valence-electron chi connectivity index (χ2n) is 7.39. The van der Waals surface area contributed by atoms with E-state index in [0.717, 1.165) is 5.56 Å². The lowest BCUT2D eigenvalue weighted by atomic mass is 10.1. The summed E-state index contributed by atoms with van der Waals surface area (Å²) in [6.45, 7) is 4.64. The van der Waals surface area contributed by atoms with Crippen molar-refractivity contribution in [1.82, 2.24) is 19.1 Å². The highest BCUT2D eigenvalue weighted by Crippen LogP contribution is 2.33. The Hall–Kier alpha value is -3.64.